The Kier molecular flexibility index (Phi) is 5.46. The van der Waals surface area contributed by atoms with Crippen LogP contribution in [0.25, 0.3) is 5.57 Å². The van der Waals surface area contributed by atoms with Crippen LogP contribution in [-0.2, 0) is 4.74 Å². The average molecular weight is 327 g/mol. The van der Waals surface area contributed by atoms with Crippen molar-refractivity contribution in [3.05, 3.63) is 35.8 Å². The molecule has 0 aliphatic carbocycles. The Morgan fingerprint density at radius 2 is 2.21 bits per heavy atom. The van der Waals surface area contributed by atoms with Crippen LogP contribution in [0.15, 0.2) is 24.4 Å². The highest BCUT2D eigenvalue weighted by Gasteiger charge is 2.11. The van der Waals surface area contributed by atoms with E-state index in [-0.39, 0.29) is 17.4 Å². The molecular weight excluding hydrogens is 310 g/mol. The zero-order valence-corrected chi connectivity index (χ0v) is 13.5. The molecule has 0 aliphatic heterocycles. The molecule has 0 aliphatic rings. The molecule has 24 heavy (non-hydrogen) atoms. The second-order valence-corrected chi connectivity index (χ2v) is 5.10. The number of nitriles is 1. The molecule has 3 N–H and O–H groups in total. The minimum absolute atomic E-state index is 0.174. The van der Waals surface area contributed by atoms with Gasteiger partial charge in [-0.25, -0.2) is 4.79 Å². The number of carbonyl (C=O) groups excluding carboxylic acids is 1. The number of carbonyl (C=O) groups is 1. The van der Waals surface area contributed by atoms with Crippen LogP contribution in [-0.4, -0.2) is 39.7 Å². The number of methoxy groups -OCH3 is 1. The predicted molar refractivity (Wildman–Crippen MR) is 87.9 cm³/mol. The van der Waals surface area contributed by atoms with Crippen LogP contribution in [0.5, 0.6) is 0 Å². The van der Waals surface area contributed by atoms with Crippen LogP contribution in [0.3, 0.4) is 0 Å². The molecular formula is C15H17N7O2. The summed E-state index contributed by atoms with van der Waals surface area (Å²) in [6, 6.07) is 7.24. The van der Waals surface area contributed by atoms with Gasteiger partial charge in [-0.3, -0.25) is 0 Å². The van der Waals surface area contributed by atoms with Crippen molar-refractivity contribution < 1.29 is 9.53 Å². The number of rotatable bonds is 6. The first-order chi connectivity index (χ1) is 11.5. The van der Waals surface area contributed by atoms with Gasteiger partial charge < -0.3 is 15.4 Å². The van der Waals surface area contributed by atoms with Crippen molar-refractivity contribution in [3.63, 3.8) is 0 Å². The van der Waals surface area contributed by atoms with Crippen LogP contribution in [0.2, 0.25) is 0 Å². The highest BCUT2D eigenvalue weighted by molar-refractivity contribution is 5.92. The summed E-state index contributed by atoms with van der Waals surface area (Å²) in [4.78, 5) is 11.7. The summed E-state index contributed by atoms with van der Waals surface area (Å²) < 4.78 is 4.73. The number of nitrogens with one attached hydrogen (secondary N) is 3. The summed E-state index contributed by atoms with van der Waals surface area (Å²) in [5.41, 5.74) is 1.98. The van der Waals surface area contributed by atoms with Crippen LogP contribution in [0.1, 0.15) is 30.0 Å². The minimum atomic E-state index is -0.447. The van der Waals surface area contributed by atoms with E-state index in [2.05, 4.69) is 31.3 Å². The molecule has 1 aromatic carbocycles. The Morgan fingerprint density at radius 1 is 1.42 bits per heavy atom. The molecule has 1 aromatic heterocycles. The smallest absolute Gasteiger partial charge is 0.337 e. The highest BCUT2D eigenvalue weighted by Crippen LogP contribution is 2.25. The number of benzene rings is 1. The number of hydrogen-bond donors (Lipinski definition) is 3. The third kappa shape index (κ3) is 4.07. The van der Waals surface area contributed by atoms with Crippen molar-refractivity contribution in [1.82, 2.24) is 20.6 Å². The van der Waals surface area contributed by atoms with Crippen LogP contribution in [0, 0.1) is 11.3 Å². The molecule has 0 unspecified atom stereocenters. The van der Waals surface area contributed by atoms with Gasteiger partial charge in [0.15, 0.2) is 0 Å². The number of nitrogens with zero attached hydrogens (tertiary/aromatic N) is 4. The van der Waals surface area contributed by atoms with Crippen LogP contribution < -0.4 is 10.6 Å². The second kappa shape index (κ2) is 7.73. The maximum absolute atomic E-state index is 11.7. The van der Waals surface area contributed by atoms with Gasteiger partial charge in [-0.2, -0.15) is 10.5 Å². The molecule has 0 amide bonds. The number of allylic oxidation sites excluding steroid dienone is 1. The van der Waals surface area contributed by atoms with E-state index in [1.54, 1.807) is 18.2 Å². The van der Waals surface area contributed by atoms with Crippen molar-refractivity contribution in [2.24, 2.45) is 0 Å². The number of tetrazole rings is 1. The minimum Gasteiger partial charge on any atom is -0.465 e. The molecule has 0 saturated carbocycles. The first-order valence-corrected chi connectivity index (χ1v) is 7.14. The summed E-state index contributed by atoms with van der Waals surface area (Å²) >= 11 is 0. The van der Waals surface area contributed by atoms with Gasteiger partial charge in [-0.15, -0.1) is 10.2 Å². The van der Waals surface area contributed by atoms with E-state index in [0.29, 0.717) is 11.3 Å². The Labute approximate surface area is 138 Å². The normalized spacial score (nSPS) is 11.0. The molecule has 0 saturated heterocycles. The van der Waals surface area contributed by atoms with E-state index in [1.165, 1.54) is 13.3 Å². The van der Waals surface area contributed by atoms with Gasteiger partial charge in [-0.1, -0.05) is 0 Å². The third-order valence-corrected chi connectivity index (χ3v) is 2.96. The largest absolute Gasteiger partial charge is 0.465 e. The fourth-order valence-corrected chi connectivity index (χ4v) is 1.92. The predicted octanol–water partition coefficient (Wildman–Crippen LogP) is 1.78. The van der Waals surface area contributed by atoms with Crippen molar-refractivity contribution in [3.8, 4) is 6.07 Å². The van der Waals surface area contributed by atoms with E-state index < -0.39 is 5.97 Å². The maximum Gasteiger partial charge on any atom is 0.337 e. The fraction of sp³-hybridized carbons (Fsp3) is 0.267. The first-order valence-electron chi connectivity index (χ1n) is 7.14. The molecule has 0 spiro atoms. The summed E-state index contributed by atoms with van der Waals surface area (Å²) in [6.45, 7) is 3.99. The second-order valence-electron chi connectivity index (χ2n) is 5.10. The number of aromatic nitrogens is 4. The number of esters is 1. The Hall–Kier alpha value is -3.41. The lowest BCUT2D eigenvalue weighted by Crippen LogP contribution is -2.12. The van der Waals surface area contributed by atoms with Gasteiger partial charge >= 0.3 is 5.97 Å². The van der Waals surface area contributed by atoms with E-state index in [4.69, 9.17) is 4.74 Å². The van der Waals surface area contributed by atoms with Crippen LogP contribution >= 0.6 is 0 Å². The maximum atomic E-state index is 11.7. The standard InChI is InChI=1S/C15H17N7O2/c1-9(2)18-12-5-4-10(15(23)24-3)6-13(12)17-8-11(7-16)14-19-21-22-20-14/h4-6,8-9,17-18H,1-3H3,(H,19,20,21,22). The van der Waals surface area contributed by atoms with E-state index in [9.17, 15) is 10.1 Å². The monoisotopic (exact) mass is 327 g/mol. The molecule has 2 aromatic rings. The number of hydrogen-bond acceptors (Lipinski definition) is 8. The molecule has 0 bridgehead atoms. The lowest BCUT2D eigenvalue weighted by Gasteiger charge is -2.15. The Bertz CT molecular complexity index is 776. The zero-order chi connectivity index (χ0) is 17.5. The first kappa shape index (κ1) is 17.0. The summed E-state index contributed by atoms with van der Waals surface area (Å²) in [6.07, 6.45) is 1.45. The highest BCUT2D eigenvalue weighted by atomic mass is 16.5. The topological polar surface area (TPSA) is 129 Å². The van der Waals surface area contributed by atoms with Gasteiger partial charge in [0.1, 0.15) is 11.6 Å². The van der Waals surface area contributed by atoms with Gasteiger partial charge in [0.25, 0.3) is 0 Å². The van der Waals surface area contributed by atoms with Gasteiger partial charge in [0.05, 0.1) is 24.0 Å². The molecule has 9 heteroatoms. The van der Waals surface area contributed by atoms with Gasteiger partial charge in [0.2, 0.25) is 5.82 Å². The van der Waals surface area contributed by atoms with Crippen molar-refractivity contribution >= 4 is 22.9 Å². The number of ether oxygens (including phenoxy) is 1. The van der Waals surface area contributed by atoms with E-state index in [0.717, 1.165) is 5.69 Å². The third-order valence-electron chi connectivity index (χ3n) is 2.96. The average Bonchev–Trinajstić information content (AvgIpc) is 3.10. The van der Waals surface area contributed by atoms with Crippen LogP contribution in [0.4, 0.5) is 11.4 Å². The molecule has 1 heterocycles. The molecule has 0 atom stereocenters. The number of aromatic amines is 1. The van der Waals surface area contributed by atoms with E-state index in [1.807, 2.05) is 19.9 Å². The molecule has 124 valence electrons. The zero-order valence-electron chi connectivity index (χ0n) is 13.5. The van der Waals surface area contributed by atoms with Crippen molar-refractivity contribution in [2.45, 2.75) is 19.9 Å². The van der Waals surface area contributed by atoms with Gasteiger partial charge in [-0.05, 0) is 37.3 Å². The summed E-state index contributed by atoms with van der Waals surface area (Å²) in [7, 11) is 1.32. The molecule has 9 nitrogen and oxygen atoms in total. The van der Waals surface area contributed by atoms with E-state index >= 15 is 0 Å². The molecule has 0 fully saturated rings. The lowest BCUT2D eigenvalue weighted by molar-refractivity contribution is 0.0601. The molecule has 0 radical (unpaired) electrons. The SMILES string of the molecule is COC(=O)c1ccc(NC(C)C)c(NC=C(C#N)c2nn[nH]n2)c1. The molecule has 2 rings (SSSR count). The van der Waals surface area contributed by atoms with Gasteiger partial charge in [0, 0.05) is 12.2 Å². The van der Waals surface area contributed by atoms with Crippen molar-refractivity contribution in [2.75, 3.05) is 17.7 Å². The lowest BCUT2D eigenvalue weighted by atomic mass is 10.1. The summed E-state index contributed by atoms with van der Waals surface area (Å²) in [5, 5.41) is 28.7. The van der Waals surface area contributed by atoms with Crippen molar-refractivity contribution in [1.29, 1.82) is 5.26 Å². The fourth-order valence-electron chi connectivity index (χ4n) is 1.92. The Balaban J connectivity index is 2.35. The summed E-state index contributed by atoms with van der Waals surface area (Å²) in [5.74, 6) is -0.274. The number of H-pyrrole nitrogens is 1. The quantitative estimate of drug-likeness (QED) is 0.541. The number of anilines is 2. The Morgan fingerprint density at radius 3 is 2.79 bits per heavy atom.